The molecule has 0 heterocycles. The van der Waals surface area contributed by atoms with Crippen LogP contribution < -0.4 is 0 Å². The van der Waals surface area contributed by atoms with E-state index in [9.17, 15) is 0 Å². The molecule has 0 aliphatic rings. The normalized spacial score (nSPS) is 13.5. The number of aliphatic hydroxyl groups is 1. The van der Waals surface area contributed by atoms with Gasteiger partial charge in [0.25, 0.3) is 0 Å². The second-order valence-corrected chi connectivity index (χ2v) is 2.18. The molecule has 0 radical (unpaired) electrons. The number of hydrogen-bond donors (Lipinski definition) is 1. The lowest BCUT2D eigenvalue weighted by Crippen LogP contribution is -2.18. The maximum absolute atomic E-state index is 8.86. The number of ether oxygens (including phenoxy) is 2. The maximum Gasteiger partial charge on any atom is 0.0908 e. The predicted octanol–water partition coefficient (Wildman–Crippen LogP) is 0.249. The first-order valence-corrected chi connectivity index (χ1v) is 3.65. The third kappa shape index (κ3) is 6.29. The molecule has 0 saturated heterocycles. The van der Waals surface area contributed by atoms with Crippen LogP contribution in [0.15, 0.2) is 0 Å². The molecule has 0 rings (SSSR count). The summed E-state index contributed by atoms with van der Waals surface area (Å²) in [4.78, 5) is 0. The van der Waals surface area contributed by atoms with Gasteiger partial charge in [-0.05, 0) is 0 Å². The van der Waals surface area contributed by atoms with Crippen LogP contribution in [-0.2, 0) is 9.47 Å². The van der Waals surface area contributed by atoms with Crippen LogP contribution >= 0.6 is 11.6 Å². The van der Waals surface area contributed by atoms with Crippen molar-refractivity contribution in [1.82, 2.24) is 0 Å². The summed E-state index contributed by atoms with van der Waals surface area (Å²) in [7, 11) is 1.60. The summed E-state index contributed by atoms with van der Waals surface area (Å²) in [5.41, 5.74) is 0. The van der Waals surface area contributed by atoms with Crippen LogP contribution in [-0.4, -0.2) is 44.0 Å². The lowest BCUT2D eigenvalue weighted by atomic mass is 10.4. The minimum Gasteiger partial charge on any atom is -0.389 e. The Balaban J connectivity index is 2.89. The molecule has 0 saturated carbocycles. The first kappa shape index (κ1) is 10.2. The highest BCUT2D eigenvalue weighted by molar-refractivity contribution is 6.18. The monoisotopic (exact) mass is 168 g/mol. The third-order valence-corrected chi connectivity index (χ3v) is 1.28. The van der Waals surface area contributed by atoms with Crippen molar-refractivity contribution in [3.8, 4) is 0 Å². The van der Waals surface area contributed by atoms with Crippen LogP contribution in [0.1, 0.15) is 0 Å². The largest absolute Gasteiger partial charge is 0.389 e. The van der Waals surface area contributed by atoms with Crippen molar-refractivity contribution in [2.45, 2.75) is 6.10 Å². The van der Waals surface area contributed by atoms with Gasteiger partial charge in [-0.15, -0.1) is 11.6 Å². The Morgan fingerprint density at radius 3 is 2.70 bits per heavy atom. The Bertz CT molecular complexity index is 70.0. The fourth-order valence-electron chi connectivity index (χ4n) is 0.406. The molecule has 0 fully saturated rings. The van der Waals surface area contributed by atoms with Crippen LogP contribution in [0.2, 0.25) is 0 Å². The van der Waals surface area contributed by atoms with Gasteiger partial charge in [-0.2, -0.15) is 0 Å². The predicted molar refractivity (Wildman–Crippen MR) is 39.4 cm³/mol. The molecular formula is C6H13ClO3. The van der Waals surface area contributed by atoms with Crippen LogP contribution in [0.4, 0.5) is 0 Å². The lowest BCUT2D eigenvalue weighted by molar-refractivity contribution is 0.0214. The summed E-state index contributed by atoms with van der Waals surface area (Å²) in [5, 5.41) is 8.86. The summed E-state index contributed by atoms with van der Waals surface area (Å²) in [6.07, 6.45) is -0.557. The quantitative estimate of drug-likeness (QED) is 0.457. The molecule has 0 spiro atoms. The van der Waals surface area contributed by atoms with Crippen LogP contribution in [0.3, 0.4) is 0 Å². The Morgan fingerprint density at radius 1 is 1.50 bits per heavy atom. The molecule has 10 heavy (non-hydrogen) atoms. The Hall–Kier alpha value is 0.170. The molecule has 1 N–H and O–H groups in total. The minimum atomic E-state index is -0.557. The van der Waals surface area contributed by atoms with Crippen molar-refractivity contribution >= 4 is 11.6 Å². The highest BCUT2D eigenvalue weighted by Crippen LogP contribution is 1.88. The van der Waals surface area contributed by atoms with Gasteiger partial charge in [0.05, 0.1) is 31.8 Å². The Kier molecular flexibility index (Phi) is 7.40. The summed E-state index contributed by atoms with van der Waals surface area (Å²) in [5.74, 6) is 0.215. The Labute approximate surface area is 65.9 Å². The van der Waals surface area contributed by atoms with E-state index in [1.807, 2.05) is 0 Å². The second kappa shape index (κ2) is 7.28. The summed E-state index contributed by atoms with van der Waals surface area (Å²) in [6, 6.07) is 0. The molecule has 0 bridgehead atoms. The van der Waals surface area contributed by atoms with E-state index in [0.29, 0.717) is 13.2 Å². The molecule has 0 aromatic heterocycles. The molecule has 0 aliphatic carbocycles. The number of hydrogen-bond acceptors (Lipinski definition) is 3. The molecule has 0 aromatic carbocycles. The van der Waals surface area contributed by atoms with Gasteiger partial charge in [-0.1, -0.05) is 0 Å². The van der Waals surface area contributed by atoms with Crippen molar-refractivity contribution in [1.29, 1.82) is 0 Å². The van der Waals surface area contributed by atoms with E-state index in [1.54, 1.807) is 7.11 Å². The topological polar surface area (TPSA) is 38.7 Å². The maximum atomic E-state index is 8.86. The number of alkyl halides is 1. The molecule has 62 valence electrons. The molecular weight excluding hydrogens is 156 g/mol. The third-order valence-electron chi connectivity index (χ3n) is 0.920. The molecule has 1 atom stereocenters. The van der Waals surface area contributed by atoms with Gasteiger partial charge in [0, 0.05) is 7.11 Å². The van der Waals surface area contributed by atoms with Crippen LogP contribution in [0, 0.1) is 0 Å². The van der Waals surface area contributed by atoms with Crippen molar-refractivity contribution in [3.05, 3.63) is 0 Å². The standard InChI is InChI=1S/C6H13ClO3/c1-9-2-3-10-5-6(8)4-7/h6,8H,2-5H2,1H3. The van der Waals surface area contributed by atoms with Crippen LogP contribution in [0.25, 0.3) is 0 Å². The molecule has 0 amide bonds. The zero-order chi connectivity index (χ0) is 7.82. The number of halogens is 1. The van der Waals surface area contributed by atoms with E-state index in [-0.39, 0.29) is 12.5 Å². The fraction of sp³-hybridized carbons (Fsp3) is 1.00. The average molecular weight is 169 g/mol. The number of rotatable bonds is 6. The van der Waals surface area contributed by atoms with Gasteiger partial charge in [-0.3, -0.25) is 0 Å². The van der Waals surface area contributed by atoms with Gasteiger partial charge in [-0.25, -0.2) is 0 Å². The number of methoxy groups -OCH3 is 1. The van der Waals surface area contributed by atoms with Gasteiger partial charge in [0.2, 0.25) is 0 Å². The van der Waals surface area contributed by atoms with Gasteiger partial charge in [0.15, 0.2) is 0 Å². The van der Waals surface area contributed by atoms with E-state index in [2.05, 4.69) is 0 Å². The van der Waals surface area contributed by atoms with Crippen molar-refractivity contribution in [3.63, 3.8) is 0 Å². The second-order valence-electron chi connectivity index (χ2n) is 1.88. The SMILES string of the molecule is COCCOCC(O)CCl. The Morgan fingerprint density at radius 2 is 2.20 bits per heavy atom. The molecule has 4 heteroatoms. The highest BCUT2D eigenvalue weighted by Gasteiger charge is 1.99. The van der Waals surface area contributed by atoms with E-state index < -0.39 is 6.10 Å². The van der Waals surface area contributed by atoms with E-state index in [4.69, 9.17) is 26.2 Å². The molecule has 0 aliphatic heterocycles. The summed E-state index contributed by atoms with van der Waals surface area (Å²) in [6.45, 7) is 1.34. The first-order valence-electron chi connectivity index (χ1n) is 3.12. The van der Waals surface area contributed by atoms with Crippen molar-refractivity contribution in [2.75, 3.05) is 32.8 Å². The zero-order valence-corrected chi connectivity index (χ0v) is 6.80. The van der Waals surface area contributed by atoms with Crippen molar-refractivity contribution in [2.24, 2.45) is 0 Å². The zero-order valence-electron chi connectivity index (χ0n) is 6.05. The smallest absolute Gasteiger partial charge is 0.0908 e. The van der Waals surface area contributed by atoms with Gasteiger partial charge >= 0.3 is 0 Å². The van der Waals surface area contributed by atoms with E-state index in [1.165, 1.54) is 0 Å². The fourth-order valence-corrected chi connectivity index (χ4v) is 0.495. The molecule has 1 unspecified atom stereocenters. The summed E-state index contributed by atoms with van der Waals surface area (Å²) < 4.78 is 9.68. The van der Waals surface area contributed by atoms with E-state index >= 15 is 0 Å². The lowest BCUT2D eigenvalue weighted by Gasteiger charge is -2.06. The van der Waals surface area contributed by atoms with Crippen molar-refractivity contribution < 1.29 is 14.6 Å². The minimum absolute atomic E-state index is 0.215. The highest BCUT2D eigenvalue weighted by atomic mass is 35.5. The van der Waals surface area contributed by atoms with E-state index in [0.717, 1.165) is 0 Å². The van der Waals surface area contributed by atoms with Gasteiger partial charge < -0.3 is 14.6 Å². The van der Waals surface area contributed by atoms with Gasteiger partial charge in [0.1, 0.15) is 0 Å². The molecule has 0 aromatic rings. The summed E-state index contributed by atoms with van der Waals surface area (Å²) >= 11 is 5.30. The number of aliphatic hydroxyl groups excluding tert-OH is 1. The average Bonchev–Trinajstić information content (AvgIpc) is 1.98. The first-order chi connectivity index (χ1) is 4.81. The van der Waals surface area contributed by atoms with Crippen LogP contribution in [0.5, 0.6) is 0 Å². The molecule has 3 nitrogen and oxygen atoms in total.